The summed E-state index contributed by atoms with van der Waals surface area (Å²) in [5, 5.41) is 2.71. The van der Waals surface area contributed by atoms with Gasteiger partial charge in [-0.05, 0) is 37.1 Å². The van der Waals surface area contributed by atoms with Crippen LogP contribution in [0.3, 0.4) is 0 Å². The first kappa shape index (κ1) is 14.7. The summed E-state index contributed by atoms with van der Waals surface area (Å²) in [6.07, 6.45) is 2.37. The number of morpholine rings is 1. The van der Waals surface area contributed by atoms with E-state index in [0.717, 1.165) is 32.7 Å². The highest BCUT2D eigenvalue weighted by molar-refractivity contribution is 6.08. The van der Waals surface area contributed by atoms with Crippen LogP contribution in [-0.2, 0) is 18.2 Å². The van der Waals surface area contributed by atoms with E-state index in [4.69, 9.17) is 4.74 Å². The summed E-state index contributed by atoms with van der Waals surface area (Å²) < 4.78 is 7.73. The Morgan fingerprint density at radius 3 is 2.61 bits per heavy atom. The van der Waals surface area contributed by atoms with Crippen LogP contribution < -0.4 is 0 Å². The number of aromatic nitrogens is 1. The van der Waals surface area contributed by atoms with Gasteiger partial charge >= 0.3 is 0 Å². The van der Waals surface area contributed by atoms with Crippen molar-refractivity contribution in [2.24, 2.45) is 7.05 Å². The van der Waals surface area contributed by atoms with Crippen LogP contribution in [0.25, 0.3) is 21.8 Å². The average molecular weight is 308 g/mol. The molecule has 1 fully saturated rings. The molecule has 0 radical (unpaired) electrons. The predicted octanol–water partition coefficient (Wildman–Crippen LogP) is 3.60. The molecule has 1 saturated heterocycles. The van der Waals surface area contributed by atoms with Crippen LogP contribution >= 0.6 is 0 Å². The Morgan fingerprint density at radius 1 is 0.957 bits per heavy atom. The molecule has 3 nitrogen and oxygen atoms in total. The van der Waals surface area contributed by atoms with Crippen molar-refractivity contribution in [2.75, 3.05) is 32.8 Å². The van der Waals surface area contributed by atoms with Crippen LogP contribution in [0.2, 0.25) is 0 Å². The number of hydrogen-bond acceptors (Lipinski definition) is 2. The van der Waals surface area contributed by atoms with Crippen molar-refractivity contribution in [1.82, 2.24) is 9.47 Å². The van der Waals surface area contributed by atoms with Crippen molar-refractivity contribution in [3.8, 4) is 0 Å². The Morgan fingerprint density at radius 2 is 1.74 bits per heavy atom. The van der Waals surface area contributed by atoms with Gasteiger partial charge in [0.1, 0.15) is 0 Å². The summed E-state index contributed by atoms with van der Waals surface area (Å²) in [5.74, 6) is 0. The van der Waals surface area contributed by atoms with E-state index in [2.05, 4.69) is 59.0 Å². The number of fused-ring (bicyclic) bond motifs is 3. The molecule has 0 saturated carbocycles. The monoisotopic (exact) mass is 308 g/mol. The van der Waals surface area contributed by atoms with Gasteiger partial charge in [0, 0.05) is 41.9 Å². The Bertz CT molecular complexity index is 815. The molecule has 3 aromatic rings. The minimum Gasteiger partial charge on any atom is -0.379 e. The van der Waals surface area contributed by atoms with Crippen molar-refractivity contribution in [1.29, 1.82) is 0 Å². The third-order valence-corrected chi connectivity index (χ3v) is 5.02. The van der Waals surface area contributed by atoms with Crippen LogP contribution in [0, 0.1) is 0 Å². The molecule has 23 heavy (non-hydrogen) atoms. The Hall–Kier alpha value is -1.84. The smallest absolute Gasteiger partial charge is 0.0594 e. The zero-order valence-electron chi connectivity index (χ0n) is 13.8. The molecule has 0 atom stereocenters. The number of para-hydroxylation sites is 1. The van der Waals surface area contributed by atoms with Gasteiger partial charge in [-0.25, -0.2) is 0 Å². The van der Waals surface area contributed by atoms with Gasteiger partial charge in [0.2, 0.25) is 0 Å². The largest absolute Gasteiger partial charge is 0.379 e. The number of rotatable bonds is 4. The van der Waals surface area contributed by atoms with Crippen LogP contribution in [0.15, 0.2) is 42.5 Å². The zero-order chi connectivity index (χ0) is 15.6. The summed E-state index contributed by atoms with van der Waals surface area (Å²) in [7, 11) is 2.17. The number of hydrogen-bond donors (Lipinski definition) is 0. The fraction of sp³-hybridized carbons (Fsp3) is 0.400. The summed E-state index contributed by atoms with van der Waals surface area (Å²) in [4.78, 5) is 2.51. The Labute approximate surface area is 137 Å². The molecule has 1 aliphatic heterocycles. The standard InChI is InChI=1S/C20H24N2O/c1-21-19-7-3-2-6-17(19)18-9-8-16(15-20(18)21)5-4-10-22-11-13-23-14-12-22/h2-3,6-9,15H,4-5,10-14H2,1H3. The molecule has 0 amide bonds. The molecular formula is C20H24N2O. The predicted molar refractivity (Wildman–Crippen MR) is 96.0 cm³/mol. The van der Waals surface area contributed by atoms with Gasteiger partial charge in [0.25, 0.3) is 0 Å². The van der Waals surface area contributed by atoms with Crippen LogP contribution in [-0.4, -0.2) is 42.3 Å². The van der Waals surface area contributed by atoms with Gasteiger partial charge in [0.15, 0.2) is 0 Å². The number of aryl methyl sites for hydroxylation is 2. The second kappa shape index (κ2) is 6.34. The highest BCUT2D eigenvalue weighted by Crippen LogP contribution is 2.28. The quantitative estimate of drug-likeness (QED) is 0.733. The first-order valence-electron chi connectivity index (χ1n) is 8.59. The fourth-order valence-electron chi connectivity index (χ4n) is 3.69. The topological polar surface area (TPSA) is 17.4 Å². The normalized spacial score (nSPS) is 16.4. The van der Waals surface area contributed by atoms with Crippen LogP contribution in [0.5, 0.6) is 0 Å². The maximum atomic E-state index is 5.41. The molecule has 2 heterocycles. The molecule has 2 aromatic carbocycles. The maximum absolute atomic E-state index is 5.41. The minimum atomic E-state index is 0.891. The minimum absolute atomic E-state index is 0.891. The second-order valence-electron chi connectivity index (χ2n) is 6.49. The molecule has 1 aliphatic rings. The molecule has 0 bridgehead atoms. The van der Waals surface area contributed by atoms with Gasteiger partial charge in [-0.3, -0.25) is 4.90 Å². The Kier molecular flexibility index (Phi) is 4.06. The van der Waals surface area contributed by atoms with E-state index in [1.807, 2.05) is 0 Å². The number of ether oxygens (including phenoxy) is 1. The molecule has 0 N–H and O–H groups in total. The second-order valence-corrected chi connectivity index (χ2v) is 6.49. The lowest BCUT2D eigenvalue weighted by Gasteiger charge is -2.26. The zero-order valence-corrected chi connectivity index (χ0v) is 13.8. The van der Waals surface area contributed by atoms with E-state index in [1.165, 1.54) is 40.3 Å². The van der Waals surface area contributed by atoms with Gasteiger partial charge in [-0.15, -0.1) is 0 Å². The van der Waals surface area contributed by atoms with Crippen molar-refractivity contribution in [3.05, 3.63) is 48.0 Å². The van der Waals surface area contributed by atoms with Gasteiger partial charge in [-0.1, -0.05) is 30.3 Å². The molecular weight excluding hydrogens is 284 g/mol. The summed E-state index contributed by atoms with van der Waals surface area (Å²) in [5.41, 5.74) is 4.10. The summed E-state index contributed by atoms with van der Waals surface area (Å²) in [6.45, 7) is 5.13. The first-order valence-corrected chi connectivity index (χ1v) is 8.59. The molecule has 4 rings (SSSR count). The van der Waals surface area contributed by atoms with Gasteiger partial charge < -0.3 is 9.30 Å². The van der Waals surface area contributed by atoms with Gasteiger partial charge in [0.05, 0.1) is 13.2 Å². The van der Waals surface area contributed by atoms with E-state index in [0.29, 0.717) is 0 Å². The van der Waals surface area contributed by atoms with Gasteiger partial charge in [-0.2, -0.15) is 0 Å². The molecule has 0 unspecified atom stereocenters. The van der Waals surface area contributed by atoms with E-state index in [-0.39, 0.29) is 0 Å². The Balaban J connectivity index is 1.52. The fourth-order valence-corrected chi connectivity index (χ4v) is 3.69. The lowest BCUT2D eigenvalue weighted by molar-refractivity contribution is 0.0375. The number of benzene rings is 2. The highest BCUT2D eigenvalue weighted by atomic mass is 16.5. The molecule has 120 valence electrons. The van der Waals surface area contributed by atoms with Crippen LogP contribution in [0.4, 0.5) is 0 Å². The summed E-state index contributed by atoms with van der Waals surface area (Å²) in [6, 6.07) is 15.6. The van der Waals surface area contributed by atoms with E-state index in [1.54, 1.807) is 0 Å². The van der Waals surface area contributed by atoms with E-state index < -0.39 is 0 Å². The van der Waals surface area contributed by atoms with Crippen molar-refractivity contribution < 1.29 is 4.74 Å². The molecule has 0 spiro atoms. The first-order chi connectivity index (χ1) is 11.3. The highest BCUT2D eigenvalue weighted by Gasteiger charge is 2.11. The molecule has 1 aromatic heterocycles. The van der Waals surface area contributed by atoms with E-state index >= 15 is 0 Å². The lowest BCUT2D eigenvalue weighted by atomic mass is 10.1. The summed E-state index contributed by atoms with van der Waals surface area (Å²) >= 11 is 0. The molecule has 3 heteroatoms. The van der Waals surface area contributed by atoms with Crippen molar-refractivity contribution >= 4 is 21.8 Å². The van der Waals surface area contributed by atoms with E-state index in [9.17, 15) is 0 Å². The lowest BCUT2D eigenvalue weighted by Crippen LogP contribution is -2.36. The van der Waals surface area contributed by atoms with Crippen molar-refractivity contribution in [3.63, 3.8) is 0 Å². The van der Waals surface area contributed by atoms with Crippen molar-refractivity contribution in [2.45, 2.75) is 12.8 Å². The molecule has 0 aliphatic carbocycles. The maximum Gasteiger partial charge on any atom is 0.0594 e. The SMILES string of the molecule is Cn1c2ccccc2c2ccc(CCCN3CCOCC3)cc21. The third-order valence-electron chi connectivity index (χ3n) is 5.02. The number of nitrogens with zero attached hydrogens (tertiary/aromatic N) is 2. The third kappa shape index (κ3) is 2.87. The average Bonchev–Trinajstić information content (AvgIpc) is 2.89. The van der Waals surface area contributed by atoms with Crippen LogP contribution in [0.1, 0.15) is 12.0 Å².